The summed E-state index contributed by atoms with van der Waals surface area (Å²) in [5.74, 6) is -0.398. The molecule has 0 saturated carbocycles. The number of hydrogen-bond acceptors (Lipinski definition) is 5. The van der Waals surface area contributed by atoms with Crippen LogP contribution in [0.4, 0.5) is 15.8 Å². The smallest absolute Gasteiger partial charge is 0.125 e. The molecule has 0 saturated heterocycles. The van der Waals surface area contributed by atoms with Crippen LogP contribution >= 0.6 is 34.9 Å². The van der Waals surface area contributed by atoms with Crippen LogP contribution in [0.3, 0.4) is 0 Å². The third kappa shape index (κ3) is 4.24. The fourth-order valence-electron chi connectivity index (χ4n) is 2.75. The van der Waals surface area contributed by atoms with Gasteiger partial charge in [-0.25, -0.2) is 8.70 Å². The first-order chi connectivity index (χ1) is 11.5. The van der Waals surface area contributed by atoms with Crippen molar-refractivity contribution in [3.8, 4) is 0 Å². The number of rotatable bonds is 5. The lowest BCUT2D eigenvalue weighted by molar-refractivity contribution is 0.477. The van der Waals surface area contributed by atoms with Gasteiger partial charge in [0.2, 0.25) is 0 Å². The predicted molar refractivity (Wildman–Crippen MR) is 108 cm³/mol. The Bertz CT molecular complexity index is 721. The number of halogens is 2. The Morgan fingerprint density at radius 1 is 1.20 bits per heavy atom. The molecule has 0 aliphatic carbocycles. The van der Waals surface area contributed by atoms with E-state index >= 15 is 0 Å². The van der Waals surface area contributed by atoms with E-state index in [9.17, 15) is 13.5 Å². The highest BCUT2D eigenvalue weighted by atomic mass is 35.5. The van der Waals surface area contributed by atoms with Crippen molar-refractivity contribution >= 4 is 46.3 Å². The van der Waals surface area contributed by atoms with Gasteiger partial charge >= 0.3 is 0 Å². The van der Waals surface area contributed by atoms with Crippen molar-refractivity contribution in [3.63, 3.8) is 0 Å². The lowest BCUT2D eigenvalue weighted by Gasteiger charge is -2.52. The maximum atomic E-state index is 13.7. The normalized spacial score (nSPS) is 19.7. The predicted octanol–water partition coefficient (Wildman–Crippen LogP) is 5.48. The van der Waals surface area contributed by atoms with E-state index in [4.69, 9.17) is 0 Å². The average molecular weight is 405 g/mol. The van der Waals surface area contributed by atoms with Gasteiger partial charge in [-0.2, -0.15) is 0 Å². The summed E-state index contributed by atoms with van der Waals surface area (Å²) in [7, 11) is -1.25. The molecule has 2 aromatic carbocycles. The lowest BCUT2D eigenvalue weighted by Crippen LogP contribution is -2.33. The molecule has 1 aliphatic heterocycles. The van der Waals surface area contributed by atoms with Crippen LogP contribution in [0.15, 0.2) is 53.4 Å². The minimum absolute atomic E-state index is 0. The van der Waals surface area contributed by atoms with Crippen molar-refractivity contribution in [1.29, 1.82) is 0 Å². The first-order valence-corrected chi connectivity index (χ1v) is 10.2. The molecule has 138 valence electrons. The minimum Gasteiger partial charge on any atom is -0.320 e. The zero-order chi connectivity index (χ0) is 17.2. The zero-order valence-corrected chi connectivity index (χ0v) is 16.2. The number of thioether (sulfide) groups is 1. The molecule has 0 spiro atoms. The van der Waals surface area contributed by atoms with Crippen LogP contribution in [0, 0.1) is 5.82 Å². The second-order valence-electron chi connectivity index (χ2n) is 5.60. The number of anilines is 2. The second kappa shape index (κ2) is 8.62. The van der Waals surface area contributed by atoms with Crippen LogP contribution in [0.2, 0.25) is 0 Å². The standard InChI is InChI=1S/C17H21FN2O2S2.ClH/c1-19-11-5-10-17-23-16-9-3-2-8-15(16)20(24(17,21)22)14-7-4-6-13(18)12-14;/h2-4,6-9,12,17,19,21-22H,5,10-11H2,1H3;1H. The Labute approximate surface area is 159 Å². The van der Waals surface area contributed by atoms with E-state index in [0.29, 0.717) is 17.8 Å². The van der Waals surface area contributed by atoms with Crippen LogP contribution in [0.25, 0.3) is 0 Å². The molecule has 0 aromatic heterocycles. The maximum absolute atomic E-state index is 13.7. The van der Waals surface area contributed by atoms with E-state index in [1.54, 1.807) is 12.1 Å². The van der Waals surface area contributed by atoms with E-state index < -0.39 is 16.6 Å². The van der Waals surface area contributed by atoms with E-state index in [2.05, 4.69) is 5.32 Å². The van der Waals surface area contributed by atoms with Crippen molar-refractivity contribution < 1.29 is 13.5 Å². The molecular weight excluding hydrogens is 383 g/mol. The fraction of sp³-hybridized carbons (Fsp3) is 0.294. The monoisotopic (exact) mass is 404 g/mol. The van der Waals surface area contributed by atoms with E-state index in [0.717, 1.165) is 17.9 Å². The fourth-order valence-corrected chi connectivity index (χ4v) is 6.49. The highest BCUT2D eigenvalue weighted by Gasteiger charge is 2.39. The Kier molecular flexibility index (Phi) is 7.01. The molecule has 1 aliphatic rings. The van der Waals surface area contributed by atoms with Gasteiger partial charge in [0.05, 0.1) is 11.4 Å². The molecule has 8 heteroatoms. The van der Waals surface area contributed by atoms with Gasteiger partial charge in [0.15, 0.2) is 0 Å². The molecule has 0 amide bonds. The molecule has 0 bridgehead atoms. The summed E-state index contributed by atoms with van der Waals surface area (Å²) >= 11 is 1.49. The molecule has 3 rings (SSSR count). The molecular formula is C17H22ClFN2O2S2. The molecule has 3 N–H and O–H groups in total. The third-order valence-electron chi connectivity index (χ3n) is 3.87. The summed E-state index contributed by atoms with van der Waals surface area (Å²) in [4.78, 5) is 0.974. The molecule has 1 atom stereocenters. The van der Waals surface area contributed by atoms with Crippen LogP contribution in [0.1, 0.15) is 12.8 Å². The number of benzene rings is 2. The molecule has 2 aromatic rings. The average Bonchev–Trinajstić information content (AvgIpc) is 2.55. The van der Waals surface area contributed by atoms with Gasteiger partial charge in [-0.15, -0.1) is 23.2 Å². The van der Waals surface area contributed by atoms with Crippen molar-refractivity contribution in [2.24, 2.45) is 0 Å². The van der Waals surface area contributed by atoms with Gasteiger partial charge in [0.25, 0.3) is 0 Å². The van der Waals surface area contributed by atoms with Crippen LogP contribution in [-0.4, -0.2) is 27.3 Å². The maximum Gasteiger partial charge on any atom is 0.125 e. The highest BCUT2D eigenvalue weighted by Crippen LogP contribution is 2.65. The van der Waals surface area contributed by atoms with Crippen molar-refractivity contribution in [1.82, 2.24) is 5.32 Å². The van der Waals surface area contributed by atoms with Crippen LogP contribution in [-0.2, 0) is 0 Å². The number of fused-ring (bicyclic) bond motifs is 1. The minimum atomic E-state index is -3.13. The zero-order valence-electron chi connectivity index (χ0n) is 13.8. The van der Waals surface area contributed by atoms with Gasteiger partial charge in [-0.1, -0.05) is 30.0 Å². The van der Waals surface area contributed by atoms with E-state index in [1.165, 1.54) is 28.2 Å². The molecule has 25 heavy (non-hydrogen) atoms. The highest BCUT2D eigenvalue weighted by molar-refractivity contribution is 8.34. The lowest BCUT2D eigenvalue weighted by atomic mass is 10.2. The molecule has 1 unspecified atom stereocenters. The van der Waals surface area contributed by atoms with Gasteiger partial charge in [-0.3, -0.25) is 9.11 Å². The van der Waals surface area contributed by atoms with E-state index in [-0.39, 0.29) is 17.0 Å². The molecule has 0 radical (unpaired) electrons. The van der Waals surface area contributed by atoms with Gasteiger partial charge < -0.3 is 5.32 Å². The van der Waals surface area contributed by atoms with Crippen LogP contribution in [0.5, 0.6) is 0 Å². The second-order valence-corrected chi connectivity index (χ2v) is 9.20. The Hall–Kier alpha value is -0.960. The van der Waals surface area contributed by atoms with Gasteiger partial charge in [0.1, 0.15) is 10.4 Å². The molecule has 4 nitrogen and oxygen atoms in total. The largest absolute Gasteiger partial charge is 0.320 e. The van der Waals surface area contributed by atoms with E-state index in [1.807, 2.05) is 31.3 Å². The third-order valence-corrected chi connectivity index (χ3v) is 7.92. The summed E-state index contributed by atoms with van der Waals surface area (Å²) in [6.45, 7) is 0.814. The van der Waals surface area contributed by atoms with Crippen LogP contribution < -0.4 is 9.62 Å². The van der Waals surface area contributed by atoms with Crippen molar-refractivity contribution in [2.75, 3.05) is 17.9 Å². The summed E-state index contributed by atoms with van der Waals surface area (Å²) in [5.41, 5.74) is 1.17. The van der Waals surface area contributed by atoms with Gasteiger partial charge in [-0.05, 0) is 56.8 Å². The first kappa shape index (κ1) is 20.4. The number of hydrogen-bond donors (Lipinski definition) is 3. The Balaban J connectivity index is 0.00000225. The first-order valence-electron chi connectivity index (χ1n) is 7.77. The van der Waals surface area contributed by atoms with Crippen molar-refractivity contribution in [3.05, 3.63) is 54.3 Å². The topological polar surface area (TPSA) is 55.7 Å². The Morgan fingerprint density at radius 2 is 1.96 bits per heavy atom. The summed E-state index contributed by atoms with van der Waals surface area (Å²) < 4.78 is 36.8. The summed E-state index contributed by atoms with van der Waals surface area (Å²) in [6, 6.07) is 13.6. The SMILES string of the molecule is CNCCCC1Sc2ccccc2N(c2cccc(F)c2)S1(O)O.Cl. The number of nitrogens with one attached hydrogen (secondary N) is 1. The number of para-hydroxylation sites is 1. The Morgan fingerprint density at radius 3 is 2.68 bits per heavy atom. The number of nitrogens with zero attached hydrogens (tertiary/aromatic N) is 1. The summed E-state index contributed by atoms with van der Waals surface area (Å²) in [6.07, 6.45) is 1.50. The summed E-state index contributed by atoms with van der Waals surface area (Å²) in [5, 5.41) is 3.08. The van der Waals surface area contributed by atoms with Gasteiger partial charge in [0, 0.05) is 4.90 Å². The molecule has 0 fully saturated rings. The molecule has 1 heterocycles. The quantitative estimate of drug-likeness (QED) is 0.576. The van der Waals surface area contributed by atoms with Crippen molar-refractivity contribution in [2.45, 2.75) is 22.3 Å².